The fourth-order valence-electron chi connectivity index (χ4n) is 2.55. The Hall–Kier alpha value is -3.09. The number of nitrogens with one attached hydrogen (secondary N) is 1. The van der Waals surface area contributed by atoms with Crippen LogP contribution in [0.25, 0.3) is 11.3 Å². The zero-order chi connectivity index (χ0) is 19.5. The van der Waals surface area contributed by atoms with Crippen LogP contribution >= 0.6 is 23.1 Å². The molecule has 1 aliphatic heterocycles. The minimum absolute atomic E-state index is 0.130. The molecule has 1 aliphatic rings. The molecule has 0 aliphatic carbocycles. The first-order chi connectivity index (χ1) is 13.6. The number of thiazole rings is 1. The van der Waals surface area contributed by atoms with Crippen molar-refractivity contribution in [3.63, 3.8) is 0 Å². The molecule has 140 valence electrons. The van der Waals surface area contributed by atoms with Gasteiger partial charge in [0.2, 0.25) is 12.7 Å². The lowest BCUT2D eigenvalue weighted by atomic mass is 10.1. The molecular weight excluding hydrogens is 396 g/mol. The fourth-order valence-corrected chi connectivity index (χ4v) is 4.01. The minimum Gasteiger partial charge on any atom is -0.454 e. The van der Waals surface area contributed by atoms with E-state index in [4.69, 9.17) is 9.47 Å². The van der Waals surface area contributed by atoms with Gasteiger partial charge in [0.1, 0.15) is 11.1 Å². The van der Waals surface area contributed by atoms with Crippen LogP contribution < -0.4 is 14.8 Å². The summed E-state index contributed by atoms with van der Waals surface area (Å²) in [5, 5.41) is 13.2. The number of amides is 1. The molecule has 0 radical (unpaired) electrons. The maximum Gasteiger partial charge on any atom is 0.236 e. The Bertz CT molecular complexity index is 1090. The number of nitriles is 1. The number of carbonyl (C=O) groups excluding carboxylic acids is 1. The van der Waals surface area contributed by atoms with Crippen molar-refractivity contribution in [3.05, 3.63) is 47.0 Å². The molecule has 9 heteroatoms. The molecule has 4 rings (SSSR count). The average Bonchev–Trinajstić information content (AvgIpc) is 3.34. The van der Waals surface area contributed by atoms with Crippen LogP contribution in [0.4, 0.5) is 5.13 Å². The molecule has 1 N–H and O–H groups in total. The molecule has 28 heavy (non-hydrogen) atoms. The SMILES string of the molecule is Cc1cnc(NC(=O)CSc2nc(-c3ccc4c(c3)OCO4)ccc2C#N)s1. The molecule has 2 aromatic heterocycles. The summed E-state index contributed by atoms with van der Waals surface area (Å²) >= 11 is 2.63. The molecule has 0 atom stereocenters. The Balaban J connectivity index is 1.51. The number of rotatable bonds is 5. The number of pyridine rings is 1. The lowest BCUT2D eigenvalue weighted by Gasteiger charge is -2.07. The summed E-state index contributed by atoms with van der Waals surface area (Å²) < 4.78 is 10.7. The molecule has 0 saturated carbocycles. The number of hydrogen-bond donors (Lipinski definition) is 1. The van der Waals surface area contributed by atoms with Crippen molar-refractivity contribution in [3.8, 4) is 28.8 Å². The maximum absolute atomic E-state index is 12.2. The number of anilines is 1. The normalized spacial score (nSPS) is 11.9. The van der Waals surface area contributed by atoms with E-state index in [0.717, 1.165) is 10.4 Å². The molecule has 0 unspecified atom stereocenters. The smallest absolute Gasteiger partial charge is 0.236 e. The van der Waals surface area contributed by atoms with Gasteiger partial charge in [0, 0.05) is 16.6 Å². The highest BCUT2D eigenvalue weighted by atomic mass is 32.2. The van der Waals surface area contributed by atoms with Gasteiger partial charge in [0.05, 0.1) is 17.0 Å². The number of aryl methyl sites for hydroxylation is 1. The Kier molecular flexibility index (Phi) is 5.14. The number of ether oxygens (including phenoxy) is 2. The maximum atomic E-state index is 12.2. The second-order valence-corrected chi connectivity index (χ2v) is 8.04. The van der Waals surface area contributed by atoms with Crippen molar-refractivity contribution in [2.45, 2.75) is 11.9 Å². The van der Waals surface area contributed by atoms with Gasteiger partial charge in [-0.05, 0) is 37.3 Å². The van der Waals surface area contributed by atoms with E-state index < -0.39 is 0 Å². The quantitative estimate of drug-likeness (QED) is 0.638. The van der Waals surface area contributed by atoms with Gasteiger partial charge in [0.15, 0.2) is 16.6 Å². The van der Waals surface area contributed by atoms with Gasteiger partial charge in [0.25, 0.3) is 0 Å². The topological polar surface area (TPSA) is 97.1 Å². The van der Waals surface area contributed by atoms with Gasteiger partial charge in [-0.2, -0.15) is 5.26 Å². The van der Waals surface area contributed by atoms with Gasteiger partial charge in [-0.1, -0.05) is 11.8 Å². The Morgan fingerprint density at radius 1 is 1.32 bits per heavy atom. The standard InChI is InChI=1S/C19H14N4O3S2/c1-11-8-21-19(28-11)23-17(24)9-27-18-13(7-20)2-4-14(22-18)12-3-5-15-16(6-12)26-10-25-15/h2-6,8H,9-10H2,1H3,(H,21,23,24). The van der Waals surface area contributed by atoms with E-state index in [-0.39, 0.29) is 18.5 Å². The number of carbonyl (C=O) groups is 1. The summed E-state index contributed by atoms with van der Waals surface area (Å²) in [4.78, 5) is 21.9. The minimum atomic E-state index is -0.196. The number of aromatic nitrogens is 2. The largest absolute Gasteiger partial charge is 0.454 e. The number of thioether (sulfide) groups is 1. The van der Waals surface area contributed by atoms with Crippen LogP contribution in [0.15, 0.2) is 41.6 Å². The molecule has 1 aromatic carbocycles. The van der Waals surface area contributed by atoms with Crippen LogP contribution in [0.1, 0.15) is 10.4 Å². The Morgan fingerprint density at radius 2 is 2.18 bits per heavy atom. The average molecular weight is 410 g/mol. The number of benzene rings is 1. The van der Waals surface area contributed by atoms with E-state index >= 15 is 0 Å². The predicted octanol–water partition coefficient (Wildman–Crippen LogP) is 3.84. The van der Waals surface area contributed by atoms with Crippen molar-refractivity contribution in [2.75, 3.05) is 17.9 Å². The second-order valence-electron chi connectivity index (χ2n) is 5.84. The van der Waals surface area contributed by atoms with Gasteiger partial charge in [-0.15, -0.1) is 11.3 Å². The third-order valence-electron chi connectivity index (χ3n) is 3.86. The van der Waals surface area contributed by atoms with E-state index in [2.05, 4.69) is 21.4 Å². The van der Waals surface area contributed by atoms with Crippen LogP contribution in [0.3, 0.4) is 0 Å². The van der Waals surface area contributed by atoms with Gasteiger partial charge < -0.3 is 14.8 Å². The molecular formula is C19H14N4O3S2. The highest BCUT2D eigenvalue weighted by Crippen LogP contribution is 2.36. The molecule has 7 nitrogen and oxygen atoms in total. The van der Waals surface area contributed by atoms with E-state index in [1.165, 1.54) is 23.1 Å². The van der Waals surface area contributed by atoms with Crippen molar-refractivity contribution in [1.29, 1.82) is 5.26 Å². The first-order valence-electron chi connectivity index (χ1n) is 8.28. The molecule has 1 amide bonds. The zero-order valence-corrected chi connectivity index (χ0v) is 16.4. The summed E-state index contributed by atoms with van der Waals surface area (Å²) in [5.74, 6) is 1.29. The second kappa shape index (κ2) is 7.88. The van der Waals surface area contributed by atoms with Gasteiger partial charge in [-0.3, -0.25) is 4.79 Å². The highest BCUT2D eigenvalue weighted by Gasteiger charge is 2.16. The lowest BCUT2D eigenvalue weighted by molar-refractivity contribution is -0.113. The number of nitrogens with zero attached hydrogens (tertiary/aromatic N) is 3. The van der Waals surface area contributed by atoms with Crippen LogP contribution in [0.2, 0.25) is 0 Å². The van der Waals surface area contributed by atoms with E-state index in [0.29, 0.717) is 32.9 Å². The Morgan fingerprint density at radius 3 is 2.96 bits per heavy atom. The van der Waals surface area contributed by atoms with Crippen LogP contribution in [-0.2, 0) is 4.79 Å². The third kappa shape index (κ3) is 3.93. The third-order valence-corrected chi connectivity index (χ3v) is 5.68. The van der Waals surface area contributed by atoms with Crippen molar-refractivity contribution in [2.24, 2.45) is 0 Å². The van der Waals surface area contributed by atoms with E-state index in [9.17, 15) is 10.1 Å². The summed E-state index contributed by atoms with van der Waals surface area (Å²) in [5.41, 5.74) is 1.96. The molecule has 0 fully saturated rings. The van der Waals surface area contributed by atoms with Gasteiger partial charge in [-0.25, -0.2) is 9.97 Å². The van der Waals surface area contributed by atoms with Crippen LogP contribution in [-0.4, -0.2) is 28.4 Å². The first-order valence-corrected chi connectivity index (χ1v) is 10.1. The number of hydrogen-bond acceptors (Lipinski definition) is 8. The zero-order valence-electron chi connectivity index (χ0n) is 14.8. The summed E-state index contributed by atoms with van der Waals surface area (Å²) in [7, 11) is 0. The highest BCUT2D eigenvalue weighted by molar-refractivity contribution is 8.00. The fraction of sp³-hybridized carbons (Fsp3) is 0.158. The lowest BCUT2D eigenvalue weighted by Crippen LogP contribution is -2.14. The first kappa shape index (κ1) is 18.3. The summed E-state index contributed by atoms with van der Waals surface area (Å²) in [6, 6.07) is 11.2. The summed E-state index contributed by atoms with van der Waals surface area (Å²) in [6.45, 7) is 2.13. The van der Waals surface area contributed by atoms with Crippen molar-refractivity contribution < 1.29 is 14.3 Å². The monoisotopic (exact) mass is 410 g/mol. The van der Waals surface area contributed by atoms with Crippen LogP contribution in [0, 0.1) is 18.3 Å². The van der Waals surface area contributed by atoms with Crippen molar-refractivity contribution in [1.82, 2.24) is 9.97 Å². The Labute approximate surface area is 169 Å². The molecule has 0 bridgehead atoms. The van der Waals surface area contributed by atoms with Crippen LogP contribution in [0.5, 0.6) is 11.5 Å². The molecule has 0 saturated heterocycles. The molecule has 0 spiro atoms. The molecule has 3 aromatic rings. The summed E-state index contributed by atoms with van der Waals surface area (Å²) in [6.07, 6.45) is 1.71. The predicted molar refractivity (Wildman–Crippen MR) is 107 cm³/mol. The van der Waals surface area contributed by atoms with E-state index in [1.54, 1.807) is 18.3 Å². The molecule has 3 heterocycles. The number of fused-ring (bicyclic) bond motifs is 1. The van der Waals surface area contributed by atoms with E-state index in [1.807, 2.05) is 25.1 Å². The van der Waals surface area contributed by atoms with Crippen molar-refractivity contribution >= 4 is 34.1 Å². The van der Waals surface area contributed by atoms with Gasteiger partial charge >= 0.3 is 0 Å².